The van der Waals surface area contributed by atoms with Crippen molar-refractivity contribution in [2.75, 3.05) is 0 Å². The molecule has 0 aliphatic heterocycles. The van der Waals surface area contributed by atoms with Crippen molar-refractivity contribution in [1.29, 1.82) is 0 Å². The minimum atomic E-state index is -3.24. The van der Waals surface area contributed by atoms with Crippen LogP contribution in [0, 0.1) is 17.6 Å². The van der Waals surface area contributed by atoms with Gasteiger partial charge in [0.2, 0.25) is 0 Å². The second-order valence-electron chi connectivity index (χ2n) is 5.33. The first-order chi connectivity index (χ1) is 10.0. The second-order valence-corrected chi connectivity index (χ2v) is 5.33. The lowest BCUT2D eigenvalue weighted by Gasteiger charge is -2.27. The summed E-state index contributed by atoms with van der Waals surface area (Å²) in [6.07, 6.45) is 7.77. The molecule has 0 saturated heterocycles. The third kappa shape index (κ3) is 3.99. The Bertz CT molecular complexity index is 482. The number of hydrogen-bond acceptors (Lipinski definition) is 1. The van der Waals surface area contributed by atoms with Gasteiger partial charge in [-0.05, 0) is 62.1 Å². The third-order valence-corrected chi connectivity index (χ3v) is 3.94. The third-order valence-electron chi connectivity index (χ3n) is 3.94. The molecule has 0 heterocycles. The van der Waals surface area contributed by atoms with E-state index in [9.17, 15) is 17.6 Å². The normalized spacial score (nSPS) is 23.0. The fourth-order valence-electron chi connectivity index (χ4n) is 2.93. The van der Waals surface area contributed by atoms with E-state index in [4.69, 9.17) is 0 Å². The van der Waals surface area contributed by atoms with Crippen LogP contribution in [0.3, 0.4) is 0 Å². The number of ether oxygens (including phenoxy) is 1. The fraction of sp³-hybridized carbons (Fsp3) is 0.500. The first kappa shape index (κ1) is 15.9. The minimum Gasteiger partial charge on any atom is -0.429 e. The van der Waals surface area contributed by atoms with Gasteiger partial charge in [-0.2, -0.15) is 8.78 Å². The summed E-state index contributed by atoms with van der Waals surface area (Å²) in [4.78, 5) is 0. The first-order valence-electron chi connectivity index (χ1n) is 7.07. The van der Waals surface area contributed by atoms with E-state index in [1.165, 1.54) is 0 Å². The van der Waals surface area contributed by atoms with E-state index >= 15 is 0 Å². The van der Waals surface area contributed by atoms with Gasteiger partial charge in [0, 0.05) is 0 Å². The number of alkyl halides is 2. The van der Waals surface area contributed by atoms with Crippen LogP contribution in [0.5, 0.6) is 5.75 Å². The van der Waals surface area contributed by atoms with Crippen LogP contribution in [0.4, 0.5) is 17.6 Å². The standard InChI is InChI=1S/C16H18F4O/c1-2-3-10-4-6-11(7-5-10)12-8-13(17)15(14(18)9-12)21-16(19)20/h2-3,8-11,16H,4-7H2,1H3/b3-2+. The van der Waals surface area contributed by atoms with Crippen molar-refractivity contribution < 1.29 is 22.3 Å². The molecule has 1 aromatic rings. The Balaban J connectivity index is 2.11. The molecule has 1 saturated carbocycles. The Kier molecular flexibility index (Phi) is 5.26. The van der Waals surface area contributed by atoms with Crippen molar-refractivity contribution in [2.24, 2.45) is 5.92 Å². The average Bonchev–Trinajstić information content (AvgIpc) is 2.43. The lowest BCUT2D eigenvalue weighted by Crippen LogP contribution is -2.13. The minimum absolute atomic E-state index is 0.0658. The van der Waals surface area contributed by atoms with Crippen LogP contribution in [0.2, 0.25) is 0 Å². The number of allylic oxidation sites excluding steroid dienone is 2. The van der Waals surface area contributed by atoms with Crippen LogP contribution in [0.15, 0.2) is 24.3 Å². The van der Waals surface area contributed by atoms with Crippen LogP contribution < -0.4 is 4.74 Å². The van der Waals surface area contributed by atoms with E-state index in [2.05, 4.69) is 10.8 Å². The molecule has 21 heavy (non-hydrogen) atoms. The topological polar surface area (TPSA) is 9.23 Å². The van der Waals surface area contributed by atoms with Gasteiger partial charge in [-0.15, -0.1) is 0 Å². The molecule has 1 aliphatic rings. The van der Waals surface area contributed by atoms with Gasteiger partial charge in [0.15, 0.2) is 17.4 Å². The van der Waals surface area contributed by atoms with E-state index in [1.807, 2.05) is 13.0 Å². The van der Waals surface area contributed by atoms with Gasteiger partial charge in [0.1, 0.15) is 0 Å². The van der Waals surface area contributed by atoms with Gasteiger partial charge in [0.25, 0.3) is 0 Å². The van der Waals surface area contributed by atoms with Crippen LogP contribution in [0.25, 0.3) is 0 Å². The molecule has 0 bridgehead atoms. The second kappa shape index (κ2) is 6.96. The molecule has 1 aromatic carbocycles. The Morgan fingerprint density at radius 2 is 1.67 bits per heavy atom. The SMILES string of the molecule is C/C=C/C1CCC(c2cc(F)c(OC(F)F)c(F)c2)CC1. The van der Waals surface area contributed by atoms with Gasteiger partial charge in [-0.3, -0.25) is 0 Å². The molecule has 5 heteroatoms. The van der Waals surface area contributed by atoms with E-state index in [0.29, 0.717) is 11.5 Å². The maximum absolute atomic E-state index is 13.7. The molecule has 0 unspecified atom stereocenters. The van der Waals surface area contributed by atoms with Gasteiger partial charge in [0.05, 0.1) is 0 Å². The van der Waals surface area contributed by atoms with Crippen LogP contribution in [-0.4, -0.2) is 6.61 Å². The quantitative estimate of drug-likeness (QED) is 0.533. The summed E-state index contributed by atoms with van der Waals surface area (Å²) in [5.41, 5.74) is 0.519. The Labute approximate surface area is 121 Å². The first-order valence-corrected chi connectivity index (χ1v) is 7.07. The predicted octanol–water partition coefficient (Wildman–Crippen LogP) is 5.42. The van der Waals surface area contributed by atoms with Crippen molar-refractivity contribution in [3.63, 3.8) is 0 Å². The Morgan fingerprint density at radius 3 is 2.14 bits per heavy atom. The maximum Gasteiger partial charge on any atom is 0.387 e. The smallest absolute Gasteiger partial charge is 0.387 e. The van der Waals surface area contributed by atoms with Crippen molar-refractivity contribution in [3.05, 3.63) is 41.5 Å². The molecule has 0 spiro atoms. The molecule has 0 radical (unpaired) electrons. The number of halogens is 4. The molecular formula is C16H18F4O. The Morgan fingerprint density at radius 1 is 1.10 bits per heavy atom. The van der Waals surface area contributed by atoms with Crippen molar-refractivity contribution in [2.45, 2.75) is 45.1 Å². The lowest BCUT2D eigenvalue weighted by molar-refractivity contribution is -0.0546. The molecule has 0 atom stereocenters. The highest BCUT2D eigenvalue weighted by atomic mass is 19.3. The zero-order valence-electron chi connectivity index (χ0n) is 11.8. The molecule has 1 aliphatic carbocycles. The van der Waals surface area contributed by atoms with Gasteiger partial charge in [-0.25, -0.2) is 8.78 Å². The summed E-state index contributed by atoms with van der Waals surface area (Å²) >= 11 is 0. The van der Waals surface area contributed by atoms with E-state index in [-0.39, 0.29) is 5.92 Å². The molecule has 0 N–H and O–H groups in total. The molecular weight excluding hydrogens is 284 g/mol. The zero-order chi connectivity index (χ0) is 15.4. The van der Waals surface area contributed by atoms with E-state index in [0.717, 1.165) is 37.8 Å². The van der Waals surface area contributed by atoms with E-state index < -0.39 is 24.0 Å². The highest BCUT2D eigenvalue weighted by Crippen LogP contribution is 2.38. The fourth-order valence-corrected chi connectivity index (χ4v) is 2.93. The monoisotopic (exact) mass is 302 g/mol. The van der Waals surface area contributed by atoms with Crippen molar-refractivity contribution in [3.8, 4) is 5.75 Å². The molecule has 1 fully saturated rings. The summed E-state index contributed by atoms with van der Waals surface area (Å²) in [5.74, 6) is -2.56. The van der Waals surface area contributed by atoms with Crippen LogP contribution in [-0.2, 0) is 0 Å². The highest BCUT2D eigenvalue weighted by Gasteiger charge is 2.24. The van der Waals surface area contributed by atoms with Gasteiger partial charge in [-0.1, -0.05) is 12.2 Å². The highest BCUT2D eigenvalue weighted by molar-refractivity contribution is 5.33. The van der Waals surface area contributed by atoms with Gasteiger partial charge >= 0.3 is 6.61 Å². The number of hydrogen-bond donors (Lipinski definition) is 0. The molecule has 0 aromatic heterocycles. The Hall–Kier alpha value is -1.52. The predicted molar refractivity (Wildman–Crippen MR) is 72.5 cm³/mol. The summed E-state index contributed by atoms with van der Waals surface area (Å²) < 4.78 is 55.5. The van der Waals surface area contributed by atoms with Gasteiger partial charge < -0.3 is 4.74 Å². The lowest BCUT2D eigenvalue weighted by atomic mass is 9.78. The average molecular weight is 302 g/mol. The summed E-state index contributed by atoms with van der Waals surface area (Å²) in [6, 6.07) is 2.23. The molecule has 116 valence electrons. The molecule has 0 amide bonds. The summed E-state index contributed by atoms with van der Waals surface area (Å²) in [7, 11) is 0. The zero-order valence-corrected chi connectivity index (χ0v) is 11.8. The van der Waals surface area contributed by atoms with E-state index in [1.54, 1.807) is 0 Å². The summed E-state index contributed by atoms with van der Waals surface area (Å²) in [5, 5.41) is 0. The molecule has 2 rings (SSSR count). The molecule has 1 nitrogen and oxygen atoms in total. The van der Waals surface area contributed by atoms with Crippen LogP contribution >= 0.6 is 0 Å². The maximum atomic E-state index is 13.7. The number of rotatable bonds is 4. The van der Waals surface area contributed by atoms with Crippen molar-refractivity contribution >= 4 is 0 Å². The summed E-state index contributed by atoms with van der Waals surface area (Å²) in [6.45, 7) is -1.27. The number of benzene rings is 1. The van der Waals surface area contributed by atoms with Crippen molar-refractivity contribution in [1.82, 2.24) is 0 Å². The van der Waals surface area contributed by atoms with Crippen LogP contribution in [0.1, 0.15) is 44.1 Å². The largest absolute Gasteiger partial charge is 0.429 e.